The number of esters is 1. The van der Waals surface area contributed by atoms with Gasteiger partial charge in [0.25, 0.3) is 0 Å². The number of morpholine rings is 1. The van der Waals surface area contributed by atoms with Crippen LogP contribution in [0.4, 0.5) is 13.2 Å². The summed E-state index contributed by atoms with van der Waals surface area (Å²) in [5.41, 5.74) is -0.415. The lowest BCUT2D eigenvalue weighted by Gasteiger charge is -2.26. The molecule has 0 amide bonds. The molecule has 10 heteroatoms. The van der Waals surface area contributed by atoms with Crippen LogP contribution in [0.1, 0.15) is 15.9 Å². The lowest BCUT2D eigenvalue weighted by atomic mass is 10.2. The number of hydrogen-bond donors (Lipinski definition) is 0. The summed E-state index contributed by atoms with van der Waals surface area (Å²) in [6, 6.07) is 6.18. The van der Waals surface area contributed by atoms with Gasteiger partial charge in [0.15, 0.2) is 11.6 Å². The van der Waals surface area contributed by atoms with Gasteiger partial charge in [0.1, 0.15) is 17.3 Å². The molecule has 1 aliphatic heterocycles. The molecule has 0 bridgehead atoms. The van der Waals surface area contributed by atoms with Crippen LogP contribution in [0, 0.1) is 17.5 Å². The van der Waals surface area contributed by atoms with Gasteiger partial charge in [0, 0.05) is 18.7 Å². The van der Waals surface area contributed by atoms with Crippen molar-refractivity contribution in [2.45, 2.75) is 11.5 Å². The van der Waals surface area contributed by atoms with E-state index in [1.807, 2.05) is 0 Å². The second-order valence-corrected chi connectivity index (χ2v) is 7.86. The van der Waals surface area contributed by atoms with Crippen LogP contribution < -0.4 is 0 Å². The van der Waals surface area contributed by atoms with Crippen molar-refractivity contribution in [3.63, 3.8) is 0 Å². The molecule has 2 aromatic rings. The summed E-state index contributed by atoms with van der Waals surface area (Å²) in [7, 11) is -4.17. The number of benzene rings is 2. The predicted molar refractivity (Wildman–Crippen MR) is 91.5 cm³/mol. The van der Waals surface area contributed by atoms with Gasteiger partial charge in [0.05, 0.1) is 18.8 Å². The number of carbonyl (C=O) groups is 1. The third-order valence-corrected chi connectivity index (χ3v) is 6.06. The Morgan fingerprint density at radius 1 is 1.07 bits per heavy atom. The third kappa shape index (κ3) is 4.18. The second-order valence-electron chi connectivity index (χ2n) is 5.95. The average molecular weight is 415 g/mol. The quantitative estimate of drug-likeness (QED) is 0.702. The van der Waals surface area contributed by atoms with E-state index in [2.05, 4.69) is 0 Å². The Bertz CT molecular complexity index is 991. The first-order valence-electron chi connectivity index (χ1n) is 8.28. The Kier molecular flexibility index (Phi) is 6.01. The van der Waals surface area contributed by atoms with Gasteiger partial charge in [0.2, 0.25) is 10.0 Å². The van der Waals surface area contributed by atoms with E-state index >= 15 is 0 Å². The monoisotopic (exact) mass is 415 g/mol. The number of ether oxygens (including phenoxy) is 2. The first kappa shape index (κ1) is 20.3. The summed E-state index contributed by atoms with van der Waals surface area (Å²) in [6.07, 6.45) is 0. The number of hydrogen-bond acceptors (Lipinski definition) is 5. The van der Waals surface area contributed by atoms with E-state index in [4.69, 9.17) is 9.47 Å². The van der Waals surface area contributed by atoms with E-state index in [1.165, 1.54) is 12.1 Å². The van der Waals surface area contributed by atoms with Crippen LogP contribution in [0.15, 0.2) is 41.3 Å². The Balaban J connectivity index is 1.80. The van der Waals surface area contributed by atoms with Crippen molar-refractivity contribution < 1.29 is 35.9 Å². The van der Waals surface area contributed by atoms with E-state index in [1.54, 1.807) is 0 Å². The zero-order chi connectivity index (χ0) is 20.3. The van der Waals surface area contributed by atoms with Crippen molar-refractivity contribution in [2.75, 3.05) is 26.3 Å². The Morgan fingerprint density at radius 3 is 2.50 bits per heavy atom. The first-order valence-corrected chi connectivity index (χ1v) is 9.72. The fourth-order valence-electron chi connectivity index (χ4n) is 2.64. The number of halogens is 3. The average Bonchev–Trinajstić information content (AvgIpc) is 2.69. The Morgan fingerprint density at radius 2 is 1.79 bits per heavy atom. The van der Waals surface area contributed by atoms with Gasteiger partial charge in [-0.15, -0.1) is 0 Å². The minimum Gasteiger partial charge on any atom is -0.457 e. The lowest BCUT2D eigenvalue weighted by molar-refractivity contribution is 0.0467. The Labute approximate surface area is 159 Å². The maximum Gasteiger partial charge on any atom is 0.338 e. The molecule has 3 rings (SSSR count). The van der Waals surface area contributed by atoms with Crippen molar-refractivity contribution in [1.29, 1.82) is 0 Å². The zero-order valence-corrected chi connectivity index (χ0v) is 15.3. The highest BCUT2D eigenvalue weighted by Crippen LogP contribution is 2.22. The van der Waals surface area contributed by atoms with E-state index in [0.29, 0.717) is 0 Å². The minimum atomic E-state index is -4.17. The van der Waals surface area contributed by atoms with E-state index < -0.39 is 44.9 Å². The van der Waals surface area contributed by atoms with Crippen molar-refractivity contribution in [3.05, 3.63) is 65.0 Å². The van der Waals surface area contributed by atoms with Crippen LogP contribution >= 0.6 is 0 Å². The third-order valence-electron chi connectivity index (χ3n) is 4.15. The summed E-state index contributed by atoms with van der Waals surface area (Å²) >= 11 is 0. The molecule has 2 aromatic carbocycles. The zero-order valence-electron chi connectivity index (χ0n) is 14.5. The second kappa shape index (κ2) is 8.29. The van der Waals surface area contributed by atoms with Gasteiger partial charge in [-0.3, -0.25) is 0 Å². The molecule has 1 aliphatic rings. The molecule has 0 aliphatic carbocycles. The molecule has 0 N–H and O–H groups in total. The fourth-order valence-corrected chi connectivity index (χ4v) is 4.14. The summed E-state index contributed by atoms with van der Waals surface area (Å²) < 4.78 is 77.3. The maximum absolute atomic E-state index is 14.2. The largest absolute Gasteiger partial charge is 0.457 e. The molecule has 150 valence electrons. The first-order chi connectivity index (χ1) is 13.3. The molecular formula is C18H16F3NO5S. The molecule has 6 nitrogen and oxygen atoms in total. The van der Waals surface area contributed by atoms with Crippen molar-refractivity contribution in [3.8, 4) is 0 Å². The number of rotatable bonds is 5. The molecule has 0 spiro atoms. The maximum atomic E-state index is 14.2. The van der Waals surface area contributed by atoms with Gasteiger partial charge in [-0.05, 0) is 24.3 Å². The van der Waals surface area contributed by atoms with Crippen LogP contribution in [-0.4, -0.2) is 45.0 Å². The molecule has 1 fully saturated rings. The van der Waals surface area contributed by atoms with Crippen LogP contribution in [0.5, 0.6) is 0 Å². The standard InChI is InChI=1S/C18H16F3NO5S/c19-14-5-4-12(10-16(14)28(24,25)22-6-8-26-9-7-22)18(23)27-11-13-2-1-3-15(20)17(13)21/h1-5,10H,6-9,11H2. The molecular weight excluding hydrogens is 399 g/mol. The Hall–Kier alpha value is -2.43. The van der Waals surface area contributed by atoms with Crippen molar-refractivity contribution >= 4 is 16.0 Å². The predicted octanol–water partition coefficient (Wildman–Crippen LogP) is 2.48. The number of carbonyl (C=O) groups excluding carboxylic acids is 1. The lowest BCUT2D eigenvalue weighted by Crippen LogP contribution is -2.41. The minimum absolute atomic E-state index is 0.0648. The topological polar surface area (TPSA) is 72.9 Å². The highest BCUT2D eigenvalue weighted by molar-refractivity contribution is 7.89. The highest BCUT2D eigenvalue weighted by atomic mass is 32.2. The van der Waals surface area contributed by atoms with Crippen LogP contribution in [-0.2, 0) is 26.1 Å². The van der Waals surface area contributed by atoms with Crippen LogP contribution in [0.2, 0.25) is 0 Å². The van der Waals surface area contributed by atoms with Gasteiger partial charge >= 0.3 is 5.97 Å². The SMILES string of the molecule is O=C(OCc1cccc(F)c1F)c1ccc(F)c(S(=O)(=O)N2CCOCC2)c1. The summed E-state index contributed by atoms with van der Waals surface area (Å²) in [5.74, 6) is -4.25. The van der Waals surface area contributed by atoms with Gasteiger partial charge in [-0.2, -0.15) is 4.31 Å². The van der Waals surface area contributed by atoms with E-state index in [-0.39, 0.29) is 37.4 Å². The molecule has 1 heterocycles. The van der Waals surface area contributed by atoms with Gasteiger partial charge in [-0.1, -0.05) is 12.1 Å². The molecule has 0 saturated carbocycles. The van der Waals surface area contributed by atoms with E-state index in [9.17, 15) is 26.4 Å². The normalized spacial score (nSPS) is 15.4. The molecule has 0 aromatic heterocycles. The fraction of sp³-hybridized carbons (Fsp3) is 0.278. The molecule has 0 atom stereocenters. The van der Waals surface area contributed by atoms with Crippen molar-refractivity contribution in [1.82, 2.24) is 4.31 Å². The number of nitrogens with zero attached hydrogens (tertiary/aromatic N) is 1. The highest BCUT2D eigenvalue weighted by Gasteiger charge is 2.30. The summed E-state index contributed by atoms with van der Waals surface area (Å²) in [5, 5.41) is 0. The van der Waals surface area contributed by atoms with Crippen LogP contribution in [0.3, 0.4) is 0 Å². The molecule has 0 radical (unpaired) electrons. The summed E-state index contributed by atoms with van der Waals surface area (Å²) in [6.45, 7) is -0.0699. The molecule has 1 saturated heterocycles. The van der Waals surface area contributed by atoms with Gasteiger partial charge in [-0.25, -0.2) is 26.4 Å². The smallest absolute Gasteiger partial charge is 0.338 e. The molecule has 0 unspecified atom stereocenters. The number of sulfonamides is 1. The van der Waals surface area contributed by atoms with E-state index in [0.717, 1.165) is 28.6 Å². The van der Waals surface area contributed by atoms with Crippen LogP contribution in [0.25, 0.3) is 0 Å². The van der Waals surface area contributed by atoms with Crippen molar-refractivity contribution in [2.24, 2.45) is 0 Å². The van der Waals surface area contributed by atoms with Gasteiger partial charge < -0.3 is 9.47 Å². The molecule has 28 heavy (non-hydrogen) atoms. The summed E-state index contributed by atoms with van der Waals surface area (Å²) in [4.78, 5) is 11.5.